The predicted molar refractivity (Wildman–Crippen MR) is 61.9 cm³/mol. The van der Waals surface area contributed by atoms with Crippen molar-refractivity contribution in [2.45, 2.75) is 38.0 Å². The molecule has 0 aliphatic heterocycles. The van der Waals surface area contributed by atoms with Gasteiger partial charge in [0.25, 0.3) is 0 Å². The van der Waals surface area contributed by atoms with Crippen LogP contribution in [0.5, 0.6) is 0 Å². The number of fused-ring (bicyclic) bond motifs is 1. The van der Waals surface area contributed by atoms with Gasteiger partial charge in [-0.25, -0.2) is 4.39 Å². The average molecular weight is 218 g/mol. The Bertz CT molecular complexity index is 498. The monoisotopic (exact) mass is 218 g/mol. The Hall–Kier alpha value is -1.38. The van der Waals surface area contributed by atoms with Gasteiger partial charge in [0.1, 0.15) is 5.82 Å². The van der Waals surface area contributed by atoms with Gasteiger partial charge in [-0.15, -0.1) is 0 Å². The number of benzene rings is 1. The first-order valence-electron chi connectivity index (χ1n) is 5.99. The van der Waals surface area contributed by atoms with E-state index >= 15 is 0 Å². The van der Waals surface area contributed by atoms with E-state index in [1.807, 2.05) is 6.07 Å². The van der Waals surface area contributed by atoms with Crippen LogP contribution in [0.25, 0.3) is 10.9 Å². The maximum atomic E-state index is 13.8. The van der Waals surface area contributed by atoms with E-state index in [4.69, 9.17) is 0 Å². The average Bonchev–Trinajstić information content (AvgIpc) is 2.75. The molecule has 1 heterocycles. The molecule has 1 aliphatic carbocycles. The van der Waals surface area contributed by atoms with Crippen LogP contribution in [-0.2, 0) is 0 Å². The van der Waals surface area contributed by atoms with E-state index in [2.05, 4.69) is 10.2 Å². The highest BCUT2D eigenvalue weighted by Gasteiger charge is 2.21. The van der Waals surface area contributed by atoms with E-state index in [9.17, 15) is 4.39 Å². The molecule has 84 valence electrons. The predicted octanol–water partition coefficient (Wildman–Crippen LogP) is 3.75. The van der Waals surface area contributed by atoms with Crippen LogP contribution in [0.1, 0.15) is 43.7 Å². The molecule has 0 amide bonds. The molecule has 1 fully saturated rings. The van der Waals surface area contributed by atoms with Gasteiger partial charge in [-0.1, -0.05) is 25.3 Å². The third-order valence-electron chi connectivity index (χ3n) is 3.57. The Morgan fingerprint density at radius 2 is 2.00 bits per heavy atom. The fourth-order valence-corrected chi connectivity index (χ4v) is 2.74. The van der Waals surface area contributed by atoms with E-state index in [0.717, 1.165) is 24.1 Å². The number of nitrogens with zero attached hydrogens (tertiary/aromatic N) is 1. The maximum Gasteiger partial charge on any atom is 0.134 e. The second-order valence-corrected chi connectivity index (χ2v) is 4.61. The van der Waals surface area contributed by atoms with Crippen molar-refractivity contribution in [2.75, 3.05) is 0 Å². The molecule has 2 aromatic rings. The summed E-state index contributed by atoms with van der Waals surface area (Å²) in [6.07, 6.45) is 6.13. The number of hydrogen-bond donors (Lipinski definition) is 1. The van der Waals surface area contributed by atoms with Gasteiger partial charge in [0.15, 0.2) is 0 Å². The van der Waals surface area contributed by atoms with Crippen LogP contribution in [-0.4, -0.2) is 10.2 Å². The highest BCUT2D eigenvalue weighted by atomic mass is 19.1. The van der Waals surface area contributed by atoms with Crippen LogP contribution < -0.4 is 0 Å². The summed E-state index contributed by atoms with van der Waals surface area (Å²) in [5, 5.41) is 7.93. The maximum absolute atomic E-state index is 13.8. The fourth-order valence-electron chi connectivity index (χ4n) is 2.74. The van der Waals surface area contributed by atoms with Gasteiger partial charge in [-0.2, -0.15) is 5.10 Å². The molecule has 0 radical (unpaired) electrons. The number of rotatable bonds is 1. The van der Waals surface area contributed by atoms with Gasteiger partial charge in [0.2, 0.25) is 0 Å². The zero-order chi connectivity index (χ0) is 11.0. The van der Waals surface area contributed by atoms with E-state index < -0.39 is 0 Å². The largest absolute Gasteiger partial charge is 0.281 e. The van der Waals surface area contributed by atoms with Crippen LogP contribution in [0, 0.1) is 5.82 Å². The van der Waals surface area contributed by atoms with Crippen LogP contribution in [0.4, 0.5) is 4.39 Å². The quantitative estimate of drug-likeness (QED) is 0.775. The number of H-pyrrole nitrogens is 1. The topological polar surface area (TPSA) is 28.7 Å². The molecular weight excluding hydrogens is 203 g/mol. The van der Waals surface area contributed by atoms with Crippen molar-refractivity contribution in [1.82, 2.24) is 10.2 Å². The molecule has 3 rings (SSSR count). The van der Waals surface area contributed by atoms with Crippen LogP contribution in [0.15, 0.2) is 18.2 Å². The third-order valence-corrected chi connectivity index (χ3v) is 3.57. The molecule has 1 aliphatic rings. The lowest BCUT2D eigenvalue weighted by Crippen LogP contribution is -2.05. The van der Waals surface area contributed by atoms with Gasteiger partial charge in [-0.3, -0.25) is 5.10 Å². The van der Waals surface area contributed by atoms with Crippen molar-refractivity contribution in [2.24, 2.45) is 0 Å². The molecule has 0 spiro atoms. The summed E-state index contributed by atoms with van der Waals surface area (Å²) in [7, 11) is 0. The zero-order valence-electron chi connectivity index (χ0n) is 9.17. The van der Waals surface area contributed by atoms with Gasteiger partial charge in [-0.05, 0) is 25.0 Å². The Balaban J connectivity index is 2.09. The number of halogens is 1. The zero-order valence-corrected chi connectivity index (χ0v) is 9.17. The lowest BCUT2D eigenvalue weighted by Gasteiger charge is -2.20. The summed E-state index contributed by atoms with van der Waals surface area (Å²) in [6.45, 7) is 0. The summed E-state index contributed by atoms with van der Waals surface area (Å²) in [5.41, 5.74) is 1.76. The highest BCUT2D eigenvalue weighted by Crippen LogP contribution is 2.35. The summed E-state index contributed by atoms with van der Waals surface area (Å²) in [4.78, 5) is 0. The van der Waals surface area contributed by atoms with Crippen molar-refractivity contribution in [1.29, 1.82) is 0 Å². The molecule has 0 atom stereocenters. The van der Waals surface area contributed by atoms with Gasteiger partial charge >= 0.3 is 0 Å². The lowest BCUT2D eigenvalue weighted by molar-refractivity contribution is 0.437. The summed E-state index contributed by atoms with van der Waals surface area (Å²) < 4.78 is 13.8. The normalized spacial score (nSPS) is 18.1. The summed E-state index contributed by atoms with van der Waals surface area (Å²) in [6, 6.07) is 5.09. The standard InChI is InChI=1S/C13H15FN2/c14-10-7-4-8-11-12(10)13(16-15-11)9-5-2-1-3-6-9/h4,7-9H,1-3,5-6H2,(H,15,16). The van der Waals surface area contributed by atoms with E-state index in [-0.39, 0.29) is 5.82 Å². The molecule has 1 N–H and O–H groups in total. The molecule has 1 aromatic heterocycles. The van der Waals surface area contributed by atoms with Crippen molar-refractivity contribution < 1.29 is 4.39 Å². The Morgan fingerprint density at radius 3 is 2.81 bits per heavy atom. The van der Waals surface area contributed by atoms with E-state index in [1.165, 1.54) is 25.3 Å². The molecule has 1 aromatic carbocycles. The molecule has 3 heteroatoms. The first-order valence-corrected chi connectivity index (χ1v) is 5.99. The fraction of sp³-hybridized carbons (Fsp3) is 0.462. The number of aromatic amines is 1. The van der Waals surface area contributed by atoms with Gasteiger partial charge in [0.05, 0.1) is 10.9 Å². The molecule has 0 bridgehead atoms. The summed E-state index contributed by atoms with van der Waals surface area (Å²) >= 11 is 0. The molecule has 0 saturated heterocycles. The third kappa shape index (κ3) is 1.51. The van der Waals surface area contributed by atoms with E-state index in [0.29, 0.717) is 11.3 Å². The molecule has 1 saturated carbocycles. The molecule has 0 unspecified atom stereocenters. The van der Waals surface area contributed by atoms with Crippen molar-refractivity contribution >= 4 is 10.9 Å². The Kier molecular flexibility index (Phi) is 2.39. The molecular formula is C13H15FN2. The smallest absolute Gasteiger partial charge is 0.134 e. The Labute approximate surface area is 93.9 Å². The summed E-state index contributed by atoms with van der Waals surface area (Å²) in [5.74, 6) is 0.322. The first kappa shape index (κ1) is 9.82. The van der Waals surface area contributed by atoms with Crippen LogP contribution in [0.3, 0.4) is 0 Å². The van der Waals surface area contributed by atoms with E-state index in [1.54, 1.807) is 6.07 Å². The van der Waals surface area contributed by atoms with Crippen molar-refractivity contribution in [3.05, 3.63) is 29.7 Å². The van der Waals surface area contributed by atoms with Crippen molar-refractivity contribution in [3.63, 3.8) is 0 Å². The van der Waals surface area contributed by atoms with Gasteiger partial charge < -0.3 is 0 Å². The van der Waals surface area contributed by atoms with Crippen LogP contribution >= 0.6 is 0 Å². The lowest BCUT2D eigenvalue weighted by atomic mass is 9.86. The first-order chi connectivity index (χ1) is 7.86. The second-order valence-electron chi connectivity index (χ2n) is 4.61. The highest BCUT2D eigenvalue weighted by molar-refractivity contribution is 5.82. The minimum Gasteiger partial charge on any atom is -0.281 e. The van der Waals surface area contributed by atoms with Gasteiger partial charge in [0, 0.05) is 11.6 Å². The minimum absolute atomic E-state index is 0.146. The number of nitrogens with one attached hydrogen (secondary N) is 1. The number of aromatic nitrogens is 2. The molecule has 16 heavy (non-hydrogen) atoms. The van der Waals surface area contributed by atoms with Crippen LogP contribution in [0.2, 0.25) is 0 Å². The number of hydrogen-bond acceptors (Lipinski definition) is 1. The SMILES string of the molecule is Fc1cccc2n[nH]c(C3CCCCC3)c12. The van der Waals surface area contributed by atoms with Crippen molar-refractivity contribution in [3.8, 4) is 0 Å². The molecule has 2 nitrogen and oxygen atoms in total. The Morgan fingerprint density at radius 1 is 1.19 bits per heavy atom. The minimum atomic E-state index is -0.146. The second kappa shape index (κ2) is 3.89.